The van der Waals surface area contributed by atoms with Crippen molar-refractivity contribution in [3.05, 3.63) is 89.8 Å². The van der Waals surface area contributed by atoms with Gasteiger partial charge in [-0.3, -0.25) is 14.6 Å². The number of benzene rings is 2. The van der Waals surface area contributed by atoms with Gasteiger partial charge in [-0.25, -0.2) is 9.37 Å². The fourth-order valence-electron chi connectivity index (χ4n) is 3.87. The molecule has 0 aliphatic heterocycles. The molecular formula is C26H26FN5O3. The van der Waals surface area contributed by atoms with Crippen LogP contribution in [-0.2, 0) is 22.5 Å². The van der Waals surface area contributed by atoms with Crippen molar-refractivity contribution < 1.29 is 18.7 Å². The Morgan fingerprint density at radius 3 is 2.63 bits per heavy atom. The Morgan fingerprint density at radius 2 is 1.91 bits per heavy atom. The van der Waals surface area contributed by atoms with E-state index in [4.69, 9.17) is 4.74 Å². The molecule has 0 aliphatic rings. The Bertz CT molecular complexity index is 1320. The number of pyridine rings is 1. The van der Waals surface area contributed by atoms with Gasteiger partial charge in [0.25, 0.3) is 5.91 Å². The van der Waals surface area contributed by atoms with Crippen LogP contribution in [0.3, 0.4) is 0 Å². The van der Waals surface area contributed by atoms with Gasteiger partial charge in [-0.05, 0) is 48.9 Å². The van der Waals surface area contributed by atoms with Crippen LogP contribution in [0, 0.1) is 5.82 Å². The molecule has 2 N–H and O–H groups in total. The number of ether oxygens (including phenoxy) is 1. The molecule has 1 atom stereocenters. The number of anilines is 1. The highest BCUT2D eigenvalue weighted by Gasteiger charge is 2.19. The average Bonchev–Trinajstić information content (AvgIpc) is 3.23. The number of carbonyl (C=O) groups is 2. The molecule has 0 fully saturated rings. The van der Waals surface area contributed by atoms with Crippen LogP contribution < -0.4 is 10.6 Å². The van der Waals surface area contributed by atoms with Gasteiger partial charge in [0.1, 0.15) is 12.4 Å². The fourth-order valence-corrected chi connectivity index (χ4v) is 3.87. The van der Waals surface area contributed by atoms with Crippen LogP contribution in [0.1, 0.15) is 28.5 Å². The van der Waals surface area contributed by atoms with Crippen molar-refractivity contribution in [2.75, 3.05) is 19.0 Å². The summed E-state index contributed by atoms with van der Waals surface area (Å²) in [5, 5.41) is 5.77. The van der Waals surface area contributed by atoms with E-state index >= 15 is 0 Å². The van der Waals surface area contributed by atoms with Crippen LogP contribution in [0.2, 0.25) is 0 Å². The number of fused-ring (bicyclic) bond motifs is 1. The maximum atomic E-state index is 13.4. The summed E-state index contributed by atoms with van der Waals surface area (Å²) in [5.74, 6) is -0.961. The number of aromatic nitrogens is 3. The van der Waals surface area contributed by atoms with E-state index in [9.17, 15) is 14.0 Å². The molecule has 0 saturated carbocycles. The van der Waals surface area contributed by atoms with Gasteiger partial charge in [0.05, 0.1) is 22.9 Å². The average molecular weight is 476 g/mol. The summed E-state index contributed by atoms with van der Waals surface area (Å²) in [6.45, 7) is 2.19. The second kappa shape index (κ2) is 10.9. The van der Waals surface area contributed by atoms with Gasteiger partial charge in [0.15, 0.2) is 0 Å². The predicted octanol–water partition coefficient (Wildman–Crippen LogP) is 3.56. The Balaban J connectivity index is 1.66. The van der Waals surface area contributed by atoms with E-state index in [1.165, 1.54) is 19.2 Å². The molecule has 35 heavy (non-hydrogen) atoms. The molecule has 4 rings (SSSR count). The van der Waals surface area contributed by atoms with E-state index in [0.29, 0.717) is 35.2 Å². The van der Waals surface area contributed by atoms with Crippen LogP contribution in [-0.4, -0.2) is 46.1 Å². The second-order valence-electron chi connectivity index (χ2n) is 8.27. The van der Waals surface area contributed by atoms with Gasteiger partial charge < -0.3 is 19.9 Å². The minimum Gasteiger partial charge on any atom is -0.375 e. The summed E-state index contributed by atoms with van der Waals surface area (Å²) < 4.78 is 20.1. The molecule has 2 aromatic heterocycles. The third-order valence-electron chi connectivity index (χ3n) is 5.40. The first-order valence-electron chi connectivity index (χ1n) is 11.2. The number of imidazole rings is 1. The Kier molecular flexibility index (Phi) is 7.47. The lowest BCUT2D eigenvalue weighted by molar-refractivity contribution is -0.119. The molecule has 2 amide bonds. The SMILES string of the molecule is COCC(=O)Nc1cc(C(=O)N[C@@H](C)Cc2ccccn2)c2c(c1)ncn2Cc1ccc(F)cc1. The summed E-state index contributed by atoms with van der Waals surface area (Å²) in [6, 6.07) is 15.0. The molecule has 2 heterocycles. The Labute approximate surface area is 202 Å². The number of nitrogens with zero attached hydrogens (tertiary/aromatic N) is 3. The highest BCUT2D eigenvalue weighted by atomic mass is 19.1. The van der Waals surface area contributed by atoms with Gasteiger partial charge in [0, 0.05) is 43.7 Å². The van der Waals surface area contributed by atoms with E-state index in [1.807, 2.05) is 29.7 Å². The summed E-state index contributed by atoms with van der Waals surface area (Å²) in [7, 11) is 1.43. The first kappa shape index (κ1) is 24.0. The molecule has 8 nitrogen and oxygen atoms in total. The highest BCUT2D eigenvalue weighted by molar-refractivity contribution is 6.07. The zero-order chi connectivity index (χ0) is 24.8. The van der Waals surface area contributed by atoms with E-state index in [2.05, 4.69) is 20.6 Å². The van der Waals surface area contributed by atoms with Gasteiger partial charge in [-0.2, -0.15) is 0 Å². The highest BCUT2D eigenvalue weighted by Crippen LogP contribution is 2.25. The lowest BCUT2D eigenvalue weighted by Gasteiger charge is -2.16. The fraction of sp³-hybridized carbons (Fsp3) is 0.231. The largest absolute Gasteiger partial charge is 0.375 e. The topological polar surface area (TPSA) is 98.1 Å². The molecule has 0 aliphatic carbocycles. The number of halogens is 1. The monoisotopic (exact) mass is 475 g/mol. The first-order chi connectivity index (χ1) is 16.9. The van der Waals surface area contributed by atoms with Crippen molar-refractivity contribution in [2.24, 2.45) is 0 Å². The number of rotatable bonds is 9. The third-order valence-corrected chi connectivity index (χ3v) is 5.40. The molecule has 0 spiro atoms. The lowest BCUT2D eigenvalue weighted by Crippen LogP contribution is -2.34. The minimum absolute atomic E-state index is 0.111. The molecule has 180 valence electrons. The molecule has 0 bridgehead atoms. The number of nitrogens with one attached hydrogen (secondary N) is 2. The number of amides is 2. The third kappa shape index (κ3) is 6.07. The van der Waals surface area contributed by atoms with E-state index in [0.717, 1.165) is 11.3 Å². The van der Waals surface area contributed by atoms with E-state index in [1.54, 1.807) is 36.8 Å². The van der Waals surface area contributed by atoms with Crippen LogP contribution in [0.15, 0.2) is 67.1 Å². The summed E-state index contributed by atoms with van der Waals surface area (Å²) in [5.41, 5.74) is 3.69. The summed E-state index contributed by atoms with van der Waals surface area (Å²) in [6.07, 6.45) is 3.91. The molecular weight excluding hydrogens is 449 g/mol. The van der Waals surface area contributed by atoms with E-state index in [-0.39, 0.29) is 30.3 Å². The van der Waals surface area contributed by atoms with Crippen LogP contribution in [0.5, 0.6) is 0 Å². The zero-order valence-electron chi connectivity index (χ0n) is 19.5. The zero-order valence-corrected chi connectivity index (χ0v) is 19.5. The van der Waals surface area contributed by atoms with Gasteiger partial charge in [-0.1, -0.05) is 18.2 Å². The molecule has 2 aromatic carbocycles. The van der Waals surface area contributed by atoms with Crippen molar-refractivity contribution in [1.29, 1.82) is 0 Å². The van der Waals surface area contributed by atoms with Crippen LogP contribution in [0.25, 0.3) is 11.0 Å². The van der Waals surface area contributed by atoms with Crippen molar-refractivity contribution in [3.63, 3.8) is 0 Å². The summed E-state index contributed by atoms with van der Waals surface area (Å²) in [4.78, 5) is 34.3. The number of methoxy groups -OCH3 is 1. The number of carbonyl (C=O) groups excluding carboxylic acids is 2. The molecule has 0 saturated heterocycles. The molecule has 0 unspecified atom stereocenters. The quantitative estimate of drug-likeness (QED) is 0.386. The maximum Gasteiger partial charge on any atom is 0.253 e. The van der Waals surface area contributed by atoms with Crippen LogP contribution >= 0.6 is 0 Å². The van der Waals surface area contributed by atoms with Crippen molar-refractivity contribution in [2.45, 2.75) is 25.9 Å². The standard InChI is InChI=1S/C26H26FN5O3/c1-17(11-20-5-3-4-10-28-20)30-26(34)22-12-21(31-24(33)15-35-2)13-23-25(22)32(16-29-23)14-18-6-8-19(27)9-7-18/h3-10,12-13,16-17H,11,14-15H2,1-2H3,(H,30,34)(H,31,33)/t17-/m0/s1. The number of hydrogen-bond acceptors (Lipinski definition) is 5. The van der Waals surface area contributed by atoms with Gasteiger partial charge in [0.2, 0.25) is 5.91 Å². The van der Waals surface area contributed by atoms with Gasteiger partial charge in [-0.15, -0.1) is 0 Å². The predicted molar refractivity (Wildman–Crippen MR) is 131 cm³/mol. The minimum atomic E-state index is -0.340. The Morgan fingerprint density at radius 1 is 1.11 bits per heavy atom. The van der Waals surface area contributed by atoms with E-state index < -0.39 is 0 Å². The molecule has 4 aromatic rings. The maximum absolute atomic E-state index is 13.4. The van der Waals surface area contributed by atoms with Crippen LogP contribution in [0.4, 0.5) is 10.1 Å². The smallest absolute Gasteiger partial charge is 0.253 e. The first-order valence-corrected chi connectivity index (χ1v) is 11.2. The van der Waals surface area contributed by atoms with Crippen molar-refractivity contribution in [3.8, 4) is 0 Å². The summed E-state index contributed by atoms with van der Waals surface area (Å²) >= 11 is 0. The normalized spacial score (nSPS) is 11.9. The Hall–Kier alpha value is -4.11. The van der Waals surface area contributed by atoms with Gasteiger partial charge >= 0.3 is 0 Å². The lowest BCUT2D eigenvalue weighted by atomic mass is 10.1. The second-order valence-corrected chi connectivity index (χ2v) is 8.27. The van der Waals surface area contributed by atoms with Crippen molar-refractivity contribution >= 4 is 28.5 Å². The number of hydrogen-bond donors (Lipinski definition) is 2. The molecule has 9 heteroatoms. The molecule has 0 radical (unpaired) electrons. The van der Waals surface area contributed by atoms with Crippen molar-refractivity contribution in [1.82, 2.24) is 19.9 Å².